The molecule has 8 heteroatoms. The van der Waals surface area contributed by atoms with Crippen LogP contribution in [0.1, 0.15) is 29.3 Å². The Bertz CT molecular complexity index is 1400. The molecular weight excluding hydrogens is 497 g/mol. The monoisotopic (exact) mass is 525 g/mol. The van der Waals surface area contributed by atoms with Crippen molar-refractivity contribution >= 4 is 46.6 Å². The van der Waals surface area contributed by atoms with E-state index >= 15 is 0 Å². The number of carbonyl (C=O) groups is 1. The number of ether oxygens (including phenoxy) is 2. The predicted molar refractivity (Wildman–Crippen MR) is 146 cm³/mol. The maximum atomic E-state index is 13.1. The van der Waals surface area contributed by atoms with E-state index in [-0.39, 0.29) is 24.2 Å². The van der Waals surface area contributed by atoms with Crippen LogP contribution in [0.5, 0.6) is 11.5 Å². The smallest absolute Gasteiger partial charge is 0.227 e. The summed E-state index contributed by atoms with van der Waals surface area (Å²) in [5.74, 6) is 2.39. The van der Waals surface area contributed by atoms with E-state index in [1.54, 1.807) is 30.2 Å². The first kappa shape index (κ1) is 25.9. The number of aryl methyl sites for hydroxylation is 1. The van der Waals surface area contributed by atoms with Gasteiger partial charge in [-0.15, -0.1) is 12.4 Å². The Hall–Kier alpha value is -3.22. The largest absolute Gasteiger partial charge is 0.495 e. The molecule has 1 aliphatic heterocycles. The Morgan fingerprint density at radius 2 is 1.86 bits per heavy atom. The van der Waals surface area contributed by atoms with Crippen molar-refractivity contribution in [3.05, 3.63) is 82.6 Å². The zero-order valence-corrected chi connectivity index (χ0v) is 22.1. The van der Waals surface area contributed by atoms with E-state index in [4.69, 9.17) is 26.1 Å². The van der Waals surface area contributed by atoms with Crippen LogP contribution in [0.3, 0.4) is 0 Å². The minimum atomic E-state index is -0.0562. The third-order valence-corrected chi connectivity index (χ3v) is 6.97. The average molecular weight is 526 g/mol. The van der Waals surface area contributed by atoms with Crippen LogP contribution in [0, 0.1) is 13.8 Å². The Kier molecular flexibility index (Phi) is 7.76. The summed E-state index contributed by atoms with van der Waals surface area (Å²) < 4.78 is 13.8. The summed E-state index contributed by atoms with van der Waals surface area (Å²) in [6.07, 6.45) is 0.372. The van der Waals surface area contributed by atoms with E-state index in [9.17, 15) is 4.79 Å². The Morgan fingerprint density at radius 1 is 1.06 bits per heavy atom. The van der Waals surface area contributed by atoms with E-state index in [1.165, 1.54) is 5.56 Å². The fraction of sp³-hybridized carbons (Fsp3) is 0.286. The van der Waals surface area contributed by atoms with E-state index in [0.717, 1.165) is 28.2 Å². The number of fused-ring (bicyclic) bond motifs is 1. The molecule has 0 radical (unpaired) electrons. The van der Waals surface area contributed by atoms with Gasteiger partial charge in [0.1, 0.15) is 23.9 Å². The molecule has 1 saturated heterocycles. The highest BCUT2D eigenvalue weighted by atomic mass is 35.5. The zero-order valence-electron chi connectivity index (χ0n) is 20.5. The molecule has 36 heavy (non-hydrogen) atoms. The lowest BCUT2D eigenvalue weighted by atomic mass is 10.1. The van der Waals surface area contributed by atoms with Crippen LogP contribution in [0.2, 0.25) is 5.02 Å². The molecule has 0 N–H and O–H groups in total. The Labute approximate surface area is 222 Å². The maximum absolute atomic E-state index is 13.1. The highest BCUT2D eigenvalue weighted by molar-refractivity contribution is 6.31. The maximum Gasteiger partial charge on any atom is 0.227 e. The van der Waals surface area contributed by atoms with Gasteiger partial charge in [0.2, 0.25) is 5.91 Å². The molecular formula is C28H29Cl2N3O3. The summed E-state index contributed by atoms with van der Waals surface area (Å²) in [5, 5.41) is 0.563. The number of carbonyl (C=O) groups excluding carboxylic acids is 1. The zero-order chi connectivity index (χ0) is 24.5. The van der Waals surface area contributed by atoms with Gasteiger partial charge in [0.05, 0.1) is 30.4 Å². The molecule has 188 valence electrons. The van der Waals surface area contributed by atoms with Crippen LogP contribution in [0.15, 0.2) is 60.7 Å². The number of nitrogens with zero attached hydrogens (tertiary/aromatic N) is 3. The second-order valence-corrected chi connectivity index (χ2v) is 9.31. The summed E-state index contributed by atoms with van der Waals surface area (Å²) in [5.41, 5.74) is 5.00. The van der Waals surface area contributed by atoms with Crippen molar-refractivity contribution in [2.75, 3.05) is 25.2 Å². The number of hydrogen-bond acceptors (Lipinski definition) is 4. The molecule has 0 saturated carbocycles. The van der Waals surface area contributed by atoms with Crippen molar-refractivity contribution < 1.29 is 14.3 Å². The lowest BCUT2D eigenvalue weighted by molar-refractivity contribution is -0.117. The summed E-state index contributed by atoms with van der Waals surface area (Å²) in [4.78, 5) is 19.8. The second-order valence-electron chi connectivity index (χ2n) is 8.88. The van der Waals surface area contributed by atoms with Gasteiger partial charge in [0.15, 0.2) is 0 Å². The first-order valence-electron chi connectivity index (χ1n) is 11.7. The van der Waals surface area contributed by atoms with Gasteiger partial charge in [-0.3, -0.25) is 4.79 Å². The van der Waals surface area contributed by atoms with Crippen LogP contribution in [-0.2, 0) is 11.3 Å². The van der Waals surface area contributed by atoms with Crippen molar-refractivity contribution in [3.8, 4) is 11.5 Å². The number of rotatable bonds is 7. The summed E-state index contributed by atoms with van der Waals surface area (Å²) >= 11 is 6.24. The summed E-state index contributed by atoms with van der Waals surface area (Å²) in [7, 11) is 1.60. The molecule has 1 fully saturated rings. The number of halogens is 2. The molecule has 1 aromatic heterocycles. The quantitative estimate of drug-likeness (QED) is 0.282. The van der Waals surface area contributed by atoms with Crippen LogP contribution in [0.4, 0.5) is 5.69 Å². The highest BCUT2D eigenvalue weighted by Gasteiger charge is 2.36. The van der Waals surface area contributed by atoms with Crippen LogP contribution >= 0.6 is 24.0 Å². The topological polar surface area (TPSA) is 56.6 Å². The first-order valence-corrected chi connectivity index (χ1v) is 12.1. The van der Waals surface area contributed by atoms with E-state index in [0.29, 0.717) is 42.6 Å². The third-order valence-electron chi connectivity index (χ3n) is 6.73. The molecule has 1 atom stereocenters. The molecule has 4 aromatic rings. The van der Waals surface area contributed by atoms with Crippen molar-refractivity contribution in [3.63, 3.8) is 0 Å². The molecule has 6 nitrogen and oxygen atoms in total. The van der Waals surface area contributed by atoms with Gasteiger partial charge in [0.25, 0.3) is 0 Å². The van der Waals surface area contributed by atoms with Gasteiger partial charge in [-0.25, -0.2) is 4.98 Å². The molecule has 0 aliphatic carbocycles. The Morgan fingerprint density at radius 3 is 2.67 bits per heavy atom. The molecule has 0 spiro atoms. The third kappa shape index (κ3) is 4.88. The summed E-state index contributed by atoms with van der Waals surface area (Å²) in [6, 6.07) is 19.5. The number of anilines is 1. The molecule has 1 amide bonds. The Balaban J connectivity index is 0.00000304. The number of benzene rings is 3. The normalized spacial score (nSPS) is 15.3. The van der Waals surface area contributed by atoms with Crippen molar-refractivity contribution in [2.24, 2.45) is 0 Å². The van der Waals surface area contributed by atoms with E-state index < -0.39 is 0 Å². The molecule has 0 bridgehead atoms. The average Bonchev–Trinajstić information content (AvgIpc) is 3.42. The van der Waals surface area contributed by atoms with Gasteiger partial charge in [-0.2, -0.15) is 0 Å². The number of hydrogen-bond donors (Lipinski definition) is 0. The number of para-hydroxylation sites is 2. The lowest BCUT2D eigenvalue weighted by Crippen LogP contribution is -2.25. The number of methoxy groups -OCH3 is 1. The molecule has 5 rings (SSSR count). The molecule has 3 aromatic carbocycles. The van der Waals surface area contributed by atoms with E-state index in [2.05, 4.69) is 30.5 Å². The first-order chi connectivity index (χ1) is 17.0. The number of imidazole rings is 1. The van der Waals surface area contributed by atoms with Crippen molar-refractivity contribution in [2.45, 2.75) is 32.7 Å². The highest BCUT2D eigenvalue weighted by Crippen LogP contribution is 2.38. The van der Waals surface area contributed by atoms with Gasteiger partial charge < -0.3 is 18.9 Å². The van der Waals surface area contributed by atoms with Gasteiger partial charge in [0, 0.05) is 23.9 Å². The van der Waals surface area contributed by atoms with Crippen molar-refractivity contribution in [1.29, 1.82) is 0 Å². The molecule has 1 aliphatic rings. The van der Waals surface area contributed by atoms with Crippen molar-refractivity contribution in [1.82, 2.24) is 9.55 Å². The van der Waals surface area contributed by atoms with Gasteiger partial charge in [-0.05, 0) is 61.4 Å². The van der Waals surface area contributed by atoms with Gasteiger partial charge >= 0.3 is 0 Å². The standard InChI is InChI=1S/C28H28ClN3O3.ClH/c1-18-7-6-10-25(19(18)2)35-14-13-31-23-9-5-4-8-22(23)30-28(31)20-15-27(33)32(17-20)24-16-21(29)11-12-26(24)34-3;/h4-12,16,20H,13-15,17H2,1-3H3;1H. The fourth-order valence-electron chi connectivity index (χ4n) is 4.76. The molecule has 1 unspecified atom stereocenters. The fourth-order valence-corrected chi connectivity index (χ4v) is 4.92. The predicted octanol–water partition coefficient (Wildman–Crippen LogP) is 6.34. The minimum absolute atomic E-state index is 0. The SMILES string of the molecule is COc1ccc(Cl)cc1N1CC(c2nc3ccccc3n2CCOc2cccc(C)c2C)CC1=O.Cl. The number of aromatic nitrogens is 2. The van der Waals surface area contributed by atoms with E-state index in [1.807, 2.05) is 30.3 Å². The number of amides is 1. The lowest BCUT2D eigenvalue weighted by Gasteiger charge is -2.20. The van der Waals surface area contributed by atoms with Crippen LogP contribution in [0.25, 0.3) is 11.0 Å². The van der Waals surface area contributed by atoms with Crippen LogP contribution in [-0.4, -0.2) is 35.7 Å². The summed E-state index contributed by atoms with van der Waals surface area (Å²) in [6.45, 7) is 5.81. The van der Waals surface area contributed by atoms with Gasteiger partial charge in [-0.1, -0.05) is 35.9 Å². The van der Waals surface area contributed by atoms with Crippen LogP contribution < -0.4 is 14.4 Å². The minimum Gasteiger partial charge on any atom is -0.495 e. The molecule has 2 heterocycles. The second kappa shape index (κ2) is 10.8.